The first-order valence-corrected chi connectivity index (χ1v) is 11.1. The van der Waals surface area contributed by atoms with E-state index in [0.717, 1.165) is 44.9 Å². The van der Waals surface area contributed by atoms with Crippen molar-refractivity contribution in [3.8, 4) is 0 Å². The number of hydrogen-bond donors (Lipinski definition) is 0. The van der Waals surface area contributed by atoms with Crippen molar-refractivity contribution in [2.24, 2.45) is 0 Å². The molecule has 1 aromatic rings. The molecule has 0 spiro atoms. The number of rotatable bonds is 5. The Morgan fingerprint density at radius 2 is 1.86 bits per heavy atom. The van der Waals surface area contributed by atoms with Crippen molar-refractivity contribution >= 4 is 11.4 Å². The fourth-order valence-electron chi connectivity index (χ4n) is 4.88. The van der Waals surface area contributed by atoms with Crippen LogP contribution >= 0.6 is 0 Å². The molecule has 1 aromatic heterocycles. The molecule has 150 valence electrons. The van der Waals surface area contributed by atoms with Gasteiger partial charge in [0.15, 0.2) is 0 Å². The van der Waals surface area contributed by atoms with Crippen molar-refractivity contribution in [2.45, 2.75) is 32.1 Å². The maximum atomic E-state index is 6.16. The molecular weight excluding hydrogens is 358 g/mol. The second-order valence-electron chi connectivity index (χ2n) is 8.33. The molecule has 1 fully saturated rings. The molecule has 4 nitrogen and oxygen atoms in total. The van der Waals surface area contributed by atoms with E-state index in [1.54, 1.807) is 0 Å². The number of carbonyl (C=O) groups excluding carboxylic acids is 1. The SMILES string of the molecule is C1=CC2=C(c3ccncc3)CN3CCC=C3C2=CC1=[O+]CCCN1CCCCC1. The summed E-state index contributed by atoms with van der Waals surface area (Å²) in [6.07, 6.45) is 19.1. The molecule has 4 heteroatoms. The lowest BCUT2D eigenvalue weighted by atomic mass is 9.86. The van der Waals surface area contributed by atoms with Gasteiger partial charge >= 0.3 is 5.78 Å². The second kappa shape index (κ2) is 8.50. The highest BCUT2D eigenvalue weighted by atomic mass is 16.4. The molecule has 0 amide bonds. The molecule has 0 atom stereocenters. The van der Waals surface area contributed by atoms with Crippen LogP contribution in [-0.4, -0.2) is 59.9 Å². The first kappa shape index (κ1) is 18.6. The van der Waals surface area contributed by atoms with Gasteiger partial charge in [-0.25, -0.2) is 0 Å². The van der Waals surface area contributed by atoms with Gasteiger partial charge in [-0.3, -0.25) is 9.41 Å². The quantitative estimate of drug-likeness (QED) is 0.566. The van der Waals surface area contributed by atoms with Crippen LogP contribution in [0.15, 0.2) is 65.7 Å². The number of piperidine rings is 1. The first-order chi connectivity index (χ1) is 14.4. The predicted molar refractivity (Wildman–Crippen MR) is 117 cm³/mol. The Bertz CT molecular complexity index is 901. The van der Waals surface area contributed by atoms with E-state index >= 15 is 0 Å². The molecule has 1 aliphatic carbocycles. The van der Waals surface area contributed by atoms with Crippen LogP contribution in [0.4, 0.5) is 0 Å². The molecule has 3 aliphatic heterocycles. The van der Waals surface area contributed by atoms with Crippen LogP contribution in [0.1, 0.15) is 37.7 Å². The van der Waals surface area contributed by atoms with Crippen LogP contribution < -0.4 is 0 Å². The van der Waals surface area contributed by atoms with Crippen LogP contribution in [0.2, 0.25) is 0 Å². The van der Waals surface area contributed by atoms with Crippen molar-refractivity contribution in [2.75, 3.05) is 39.3 Å². The molecule has 1 saturated heterocycles. The summed E-state index contributed by atoms with van der Waals surface area (Å²) in [6.45, 7) is 6.54. The number of nitrogens with zero attached hydrogens (tertiary/aromatic N) is 3. The van der Waals surface area contributed by atoms with Gasteiger partial charge in [-0.05, 0) is 67.3 Å². The van der Waals surface area contributed by atoms with Crippen LogP contribution in [0.3, 0.4) is 0 Å². The van der Waals surface area contributed by atoms with Gasteiger partial charge in [-0.2, -0.15) is 0 Å². The smallest absolute Gasteiger partial charge is 0.344 e. The van der Waals surface area contributed by atoms with Crippen molar-refractivity contribution in [3.63, 3.8) is 0 Å². The Morgan fingerprint density at radius 3 is 2.72 bits per heavy atom. The van der Waals surface area contributed by atoms with Gasteiger partial charge in [0.05, 0.1) is 6.08 Å². The minimum absolute atomic E-state index is 0.791. The first-order valence-electron chi connectivity index (χ1n) is 11.1. The van der Waals surface area contributed by atoms with Gasteiger partial charge in [-0.15, -0.1) is 0 Å². The summed E-state index contributed by atoms with van der Waals surface area (Å²) >= 11 is 0. The largest absolute Gasteiger partial charge is 0.367 e. The zero-order chi connectivity index (χ0) is 19.5. The number of allylic oxidation sites excluding steroid dienone is 4. The number of likely N-dealkylation sites (tertiary alicyclic amines) is 1. The van der Waals surface area contributed by atoms with Crippen LogP contribution in [-0.2, 0) is 4.42 Å². The fraction of sp³-hybridized carbons (Fsp3) is 0.440. The standard InChI is InChI=1S/C25H30N3O/c1-2-13-27(14-3-1)15-5-17-29-21-7-8-22-23(18-21)25-6-4-16-28(25)19-24(22)20-9-11-26-12-10-20/h6-12,18H,1-5,13-17,19H2/q+1. The van der Waals surface area contributed by atoms with E-state index in [2.05, 4.69) is 51.2 Å². The number of aromatic nitrogens is 1. The van der Waals surface area contributed by atoms with E-state index in [0.29, 0.717) is 0 Å². The monoisotopic (exact) mass is 388 g/mol. The second-order valence-corrected chi connectivity index (χ2v) is 8.33. The maximum absolute atomic E-state index is 6.16. The Labute approximate surface area is 173 Å². The number of pyridine rings is 1. The third kappa shape index (κ3) is 3.99. The highest BCUT2D eigenvalue weighted by Gasteiger charge is 2.31. The summed E-state index contributed by atoms with van der Waals surface area (Å²) in [4.78, 5) is 9.27. The summed E-state index contributed by atoms with van der Waals surface area (Å²) in [5.74, 6) is 0.992. The van der Waals surface area contributed by atoms with E-state index in [1.807, 2.05) is 12.4 Å². The van der Waals surface area contributed by atoms with Gasteiger partial charge in [0, 0.05) is 55.8 Å². The van der Waals surface area contributed by atoms with E-state index in [1.165, 1.54) is 60.3 Å². The molecule has 5 rings (SSSR count). The molecule has 0 N–H and O–H groups in total. The molecule has 0 saturated carbocycles. The molecule has 0 unspecified atom stereocenters. The Kier molecular flexibility index (Phi) is 5.44. The molecule has 0 bridgehead atoms. The fourth-order valence-corrected chi connectivity index (χ4v) is 4.88. The van der Waals surface area contributed by atoms with Crippen LogP contribution in [0.25, 0.3) is 5.57 Å². The maximum Gasteiger partial charge on any atom is 0.344 e. The summed E-state index contributed by atoms with van der Waals surface area (Å²) in [7, 11) is 0. The van der Waals surface area contributed by atoms with Crippen LogP contribution in [0.5, 0.6) is 0 Å². The Hall–Kier alpha value is -2.46. The highest BCUT2D eigenvalue weighted by molar-refractivity contribution is 6.05. The molecule has 4 aliphatic rings. The average Bonchev–Trinajstić information content (AvgIpc) is 3.26. The van der Waals surface area contributed by atoms with Crippen molar-refractivity contribution in [1.82, 2.24) is 14.8 Å². The van der Waals surface area contributed by atoms with Gasteiger partial charge in [0.2, 0.25) is 0 Å². The summed E-state index contributed by atoms with van der Waals surface area (Å²) in [5.41, 5.74) is 6.67. The zero-order valence-corrected chi connectivity index (χ0v) is 17.1. The Balaban J connectivity index is 1.34. The number of fused-ring (bicyclic) bond motifs is 3. The van der Waals surface area contributed by atoms with Gasteiger partial charge in [0.1, 0.15) is 0 Å². The molecule has 0 aromatic carbocycles. The van der Waals surface area contributed by atoms with E-state index in [4.69, 9.17) is 4.42 Å². The lowest BCUT2D eigenvalue weighted by molar-refractivity contribution is -0.456. The lowest BCUT2D eigenvalue weighted by Crippen LogP contribution is -2.31. The number of ketones is 1. The summed E-state index contributed by atoms with van der Waals surface area (Å²) in [6, 6.07) is 4.24. The van der Waals surface area contributed by atoms with Gasteiger partial charge in [0.25, 0.3) is 6.61 Å². The highest BCUT2D eigenvalue weighted by Crippen LogP contribution is 2.40. The van der Waals surface area contributed by atoms with E-state index in [-0.39, 0.29) is 0 Å². The number of hydrogen-bond acceptors (Lipinski definition) is 3. The third-order valence-electron chi connectivity index (χ3n) is 6.38. The average molecular weight is 389 g/mol. The third-order valence-corrected chi connectivity index (χ3v) is 6.38. The molecule has 4 heterocycles. The van der Waals surface area contributed by atoms with Crippen molar-refractivity contribution in [1.29, 1.82) is 0 Å². The minimum atomic E-state index is 0.791. The zero-order valence-electron chi connectivity index (χ0n) is 17.1. The lowest BCUT2D eigenvalue weighted by Gasteiger charge is -2.33. The van der Waals surface area contributed by atoms with E-state index in [9.17, 15) is 0 Å². The molecule has 29 heavy (non-hydrogen) atoms. The van der Waals surface area contributed by atoms with Gasteiger partial charge < -0.3 is 9.80 Å². The summed E-state index contributed by atoms with van der Waals surface area (Å²) < 4.78 is 6.16. The minimum Gasteiger partial charge on any atom is -0.367 e. The topological polar surface area (TPSA) is 30.7 Å². The summed E-state index contributed by atoms with van der Waals surface area (Å²) in [5, 5.41) is 0. The normalized spacial score (nSPS) is 23.2. The van der Waals surface area contributed by atoms with E-state index < -0.39 is 0 Å². The van der Waals surface area contributed by atoms with Crippen molar-refractivity contribution < 1.29 is 4.42 Å². The van der Waals surface area contributed by atoms with Crippen LogP contribution in [0, 0.1) is 0 Å². The van der Waals surface area contributed by atoms with Gasteiger partial charge in [-0.1, -0.05) is 12.5 Å². The Morgan fingerprint density at radius 1 is 1.00 bits per heavy atom. The van der Waals surface area contributed by atoms with Crippen molar-refractivity contribution in [3.05, 3.63) is 71.2 Å². The predicted octanol–water partition coefficient (Wildman–Crippen LogP) is 3.92. The molecular formula is C25H30N3O+. The molecule has 0 radical (unpaired) electrons.